The van der Waals surface area contributed by atoms with E-state index in [4.69, 9.17) is 15.2 Å². The summed E-state index contributed by atoms with van der Waals surface area (Å²) < 4.78 is 10.7. The normalized spacial score (nSPS) is 15.2. The van der Waals surface area contributed by atoms with Crippen LogP contribution >= 0.6 is 0 Å². The van der Waals surface area contributed by atoms with Gasteiger partial charge in [0.15, 0.2) is 0 Å². The van der Waals surface area contributed by atoms with Gasteiger partial charge in [0.25, 0.3) is 0 Å². The Labute approximate surface area is 142 Å². The third-order valence-corrected chi connectivity index (χ3v) is 4.51. The number of nitrogen functional groups attached to an aromatic ring is 1. The van der Waals surface area contributed by atoms with Gasteiger partial charge in [-0.3, -0.25) is 0 Å². The lowest BCUT2D eigenvalue weighted by Crippen LogP contribution is -2.28. The smallest absolute Gasteiger partial charge is 0.131 e. The van der Waals surface area contributed by atoms with Crippen molar-refractivity contribution in [3.63, 3.8) is 0 Å². The molecule has 2 N–H and O–H groups in total. The summed E-state index contributed by atoms with van der Waals surface area (Å²) in [5.74, 6) is 1.41. The van der Waals surface area contributed by atoms with Gasteiger partial charge >= 0.3 is 0 Å². The van der Waals surface area contributed by atoms with E-state index in [1.807, 2.05) is 12.1 Å². The molecule has 5 nitrogen and oxygen atoms in total. The number of methoxy groups -OCH3 is 2. The van der Waals surface area contributed by atoms with Crippen LogP contribution in [0, 0.1) is 0 Å². The van der Waals surface area contributed by atoms with E-state index in [-0.39, 0.29) is 5.41 Å². The molecule has 0 saturated heterocycles. The van der Waals surface area contributed by atoms with Crippen LogP contribution < -0.4 is 10.5 Å². The van der Waals surface area contributed by atoms with Crippen LogP contribution in [0.2, 0.25) is 0 Å². The first kappa shape index (κ1) is 16.5. The molecule has 1 heterocycles. The Balaban J connectivity index is 2.26. The Bertz CT molecular complexity index is 797. The SMILES string of the molecule is COC/C=C/c1c(OC)ccc2c1CC(C)(C)c1c(N)ncnc1-2. The van der Waals surface area contributed by atoms with E-state index < -0.39 is 0 Å². The molecule has 0 fully saturated rings. The molecule has 1 aliphatic rings. The second kappa shape index (κ2) is 6.24. The first-order chi connectivity index (χ1) is 11.5. The topological polar surface area (TPSA) is 70.3 Å². The van der Waals surface area contributed by atoms with Crippen molar-refractivity contribution >= 4 is 11.9 Å². The zero-order chi connectivity index (χ0) is 17.3. The molecule has 1 aromatic carbocycles. The number of nitrogens with zero attached hydrogens (tertiary/aromatic N) is 2. The lowest BCUT2D eigenvalue weighted by Gasteiger charge is -2.35. The highest BCUT2D eigenvalue weighted by Gasteiger charge is 2.35. The summed E-state index contributed by atoms with van der Waals surface area (Å²) in [6.07, 6.45) is 6.43. The molecule has 3 rings (SSSR count). The molecule has 1 aliphatic carbocycles. The van der Waals surface area contributed by atoms with Gasteiger partial charge in [-0.1, -0.05) is 26.0 Å². The van der Waals surface area contributed by atoms with Gasteiger partial charge in [0, 0.05) is 23.8 Å². The van der Waals surface area contributed by atoms with Gasteiger partial charge in [0.05, 0.1) is 19.4 Å². The summed E-state index contributed by atoms with van der Waals surface area (Å²) >= 11 is 0. The second-order valence-electron chi connectivity index (χ2n) is 6.61. The number of ether oxygens (including phenoxy) is 2. The van der Waals surface area contributed by atoms with Crippen molar-refractivity contribution in [2.24, 2.45) is 0 Å². The van der Waals surface area contributed by atoms with E-state index in [9.17, 15) is 0 Å². The summed E-state index contributed by atoms with van der Waals surface area (Å²) in [6.45, 7) is 4.91. The van der Waals surface area contributed by atoms with Crippen molar-refractivity contribution in [3.8, 4) is 17.0 Å². The average Bonchev–Trinajstić information content (AvgIpc) is 2.54. The van der Waals surface area contributed by atoms with Crippen LogP contribution in [0.3, 0.4) is 0 Å². The van der Waals surface area contributed by atoms with Gasteiger partial charge in [0.1, 0.15) is 17.9 Å². The predicted molar refractivity (Wildman–Crippen MR) is 96.1 cm³/mol. The molecular formula is C19H23N3O2. The Morgan fingerprint density at radius 1 is 1.25 bits per heavy atom. The lowest BCUT2D eigenvalue weighted by atomic mass is 9.70. The van der Waals surface area contributed by atoms with E-state index in [2.05, 4.69) is 36.0 Å². The van der Waals surface area contributed by atoms with Crippen LogP contribution in [0.4, 0.5) is 5.82 Å². The van der Waals surface area contributed by atoms with Crippen molar-refractivity contribution in [1.82, 2.24) is 9.97 Å². The molecule has 0 atom stereocenters. The number of fused-ring (bicyclic) bond motifs is 3. The zero-order valence-corrected chi connectivity index (χ0v) is 14.6. The van der Waals surface area contributed by atoms with Gasteiger partial charge in [-0.05, 0) is 29.5 Å². The quantitative estimate of drug-likeness (QED) is 0.934. The van der Waals surface area contributed by atoms with Crippen molar-refractivity contribution < 1.29 is 9.47 Å². The molecule has 0 amide bonds. The number of rotatable bonds is 4. The molecule has 0 aliphatic heterocycles. The van der Waals surface area contributed by atoms with Crippen molar-refractivity contribution in [2.75, 3.05) is 26.6 Å². The number of nitrogens with two attached hydrogens (primary N) is 1. The zero-order valence-electron chi connectivity index (χ0n) is 14.6. The van der Waals surface area contributed by atoms with Gasteiger partial charge in [0.2, 0.25) is 0 Å². The van der Waals surface area contributed by atoms with E-state index in [0.717, 1.165) is 34.6 Å². The molecule has 0 saturated carbocycles. The Morgan fingerprint density at radius 2 is 2.04 bits per heavy atom. The van der Waals surface area contributed by atoms with Gasteiger partial charge in [-0.2, -0.15) is 0 Å². The molecule has 24 heavy (non-hydrogen) atoms. The summed E-state index contributed by atoms with van der Waals surface area (Å²) in [4.78, 5) is 8.72. The third kappa shape index (κ3) is 2.65. The molecule has 0 unspecified atom stereocenters. The largest absolute Gasteiger partial charge is 0.496 e. The summed E-state index contributed by atoms with van der Waals surface area (Å²) in [7, 11) is 3.37. The van der Waals surface area contributed by atoms with E-state index in [0.29, 0.717) is 12.4 Å². The first-order valence-electron chi connectivity index (χ1n) is 7.96. The van der Waals surface area contributed by atoms with E-state index >= 15 is 0 Å². The maximum atomic E-state index is 6.16. The van der Waals surface area contributed by atoms with Gasteiger partial charge in [-0.15, -0.1) is 0 Å². The Morgan fingerprint density at radius 3 is 2.75 bits per heavy atom. The van der Waals surface area contributed by atoms with Crippen LogP contribution in [0.5, 0.6) is 5.75 Å². The van der Waals surface area contributed by atoms with Crippen molar-refractivity contribution in [3.05, 3.63) is 41.2 Å². The minimum Gasteiger partial charge on any atom is -0.496 e. The predicted octanol–water partition coefficient (Wildman–Crippen LogP) is 3.23. The number of hydrogen-bond donors (Lipinski definition) is 1. The summed E-state index contributed by atoms with van der Waals surface area (Å²) in [5.41, 5.74) is 11.3. The van der Waals surface area contributed by atoms with Crippen molar-refractivity contribution in [1.29, 1.82) is 0 Å². The van der Waals surface area contributed by atoms with Crippen LogP contribution in [0.15, 0.2) is 24.5 Å². The molecule has 1 aromatic heterocycles. The lowest BCUT2D eigenvalue weighted by molar-refractivity contribution is 0.234. The van der Waals surface area contributed by atoms with Gasteiger partial charge in [-0.25, -0.2) is 9.97 Å². The molecular weight excluding hydrogens is 302 g/mol. The minimum atomic E-state index is -0.149. The van der Waals surface area contributed by atoms with E-state index in [1.54, 1.807) is 14.2 Å². The summed E-state index contributed by atoms with van der Waals surface area (Å²) in [5, 5.41) is 0. The maximum absolute atomic E-state index is 6.16. The summed E-state index contributed by atoms with van der Waals surface area (Å²) in [6, 6.07) is 4.04. The Kier molecular flexibility index (Phi) is 4.28. The monoisotopic (exact) mass is 325 g/mol. The fraction of sp³-hybridized carbons (Fsp3) is 0.368. The van der Waals surface area contributed by atoms with E-state index in [1.165, 1.54) is 11.9 Å². The fourth-order valence-corrected chi connectivity index (χ4v) is 3.48. The highest BCUT2D eigenvalue weighted by atomic mass is 16.5. The average molecular weight is 325 g/mol. The number of anilines is 1. The number of aromatic nitrogens is 2. The molecule has 126 valence electrons. The Hall–Kier alpha value is -2.40. The molecule has 5 heteroatoms. The first-order valence-corrected chi connectivity index (χ1v) is 7.96. The van der Waals surface area contributed by atoms with Crippen LogP contribution in [0.25, 0.3) is 17.3 Å². The third-order valence-electron chi connectivity index (χ3n) is 4.51. The highest BCUT2D eigenvalue weighted by molar-refractivity contribution is 5.80. The molecule has 0 spiro atoms. The van der Waals surface area contributed by atoms with Crippen LogP contribution in [0.1, 0.15) is 30.5 Å². The fourth-order valence-electron chi connectivity index (χ4n) is 3.48. The minimum absolute atomic E-state index is 0.149. The molecule has 2 aromatic rings. The molecule has 0 bridgehead atoms. The highest BCUT2D eigenvalue weighted by Crippen LogP contribution is 2.46. The maximum Gasteiger partial charge on any atom is 0.131 e. The van der Waals surface area contributed by atoms with Crippen LogP contribution in [-0.2, 0) is 16.6 Å². The number of benzene rings is 1. The van der Waals surface area contributed by atoms with Gasteiger partial charge < -0.3 is 15.2 Å². The standard InChI is InChI=1S/C19H23N3O2/c1-19(2)10-14-12(6-5-9-23-3)15(24-4)8-7-13(14)17-16(19)18(20)22-11-21-17/h5-8,11H,9-10H2,1-4H3,(H2,20,21,22)/b6-5+. The second-order valence-corrected chi connectivity index (χ2v) is 6.61. The van der Waals surface area contributed by atoms with Crippen LogP contribution in [-0.4, -0.2) is 30.8 Å². The molecule has 0 radical (unpaired) electrons. The number of hydrogen-bond acceptors (Lipinski definition) is 5. The van der Waals surface area contributed by atoms with Crippen molar-refractivity contribution in [2.45, 2.75) is 25.7 Å².